The van der Waals surface area contributed by atoms with Gasteiger partial charge in [-0.3, -0.25) is 13.8 Å². The van der Waals surface area contributed by atoms with Crippen molar-refractivity contribution in [3.05, 3.63) is 68.4 Å². The van der Waals surface area contributed by atoms with Crippen LogP contribution in [0.4, 0.5) is 0 Å². The van der Waals surface area contributed by atoms with Crippen LogP contribution in [-0.4, -0.2) is 26.0 Å². The summed E-state index contributed by atoms with van der Waals surface area (Å²) in [6, 6.07) is 8.03. The van der Waals surface area contributed by atoms with Crippen molar-refractivity contribution in [1.82, 2.24) is 18.9 Å². The van der Waals surface area contributed by atoms with Crippen molar-refractivity contribution in [3.8, 4) is 5.88 Å². The van der Waals surface area contributed by atoms with Gasteiger partial charge in [-0.2, -0.15) is 4.98 Å². The highest BCUT2D eigenvalue weighted by molar-refractivity contribution is 5.77. The lowest BCUT2D eigenvalue weighted by atomic mass is 9.99. The van der Waals surface area contributed by atoms with E-state index in [0.717, 1.165) is 22.6 Å². The number of aryl methyl sites for hydroxylation is 5. The summed E-state index contributed by atoms with van der Waals surface area (Å²) in [5.74, 6) is 1.34. The first-order chi connectivity index (χ1) is 13.8. The molecule has 6 heteroatoms. The quantitative estimate of drug-likeness (QED) is 0.530. The smallest absolute Gasteiger partial charge is 0.277 e. The van der Waals surface area contributed by atoms with Gasteiger partial charge in [-0.25, -0.2) is 4.98 Å². The van der Waals surface area contributed by atoms with Crippen LogP contribution in [0.1, 0.15) is 40.7 Å². The fraction of sp³-hybridized carbons (Fsp3) is 0.348. The molecule has 6 nitrogen and oxygen atoms in total. The molecule has 0 atom stereocenters. The zero-order chi connectivity index (χ0) is 20.9. The topological polar surface area (TPSA) is 61.4 Å². The first-order valence-electron chi connectivity index (χ1n) is 9.87. The second-order valence-corrected chi connectivity index (χ2v) is 7.62. The van der Waals surface area contributed by atoms with E-state index in [4.69, 9.17) is 4.74 Å². The normalized spacial score (nSPS) is 11.5. The van der Waals surface area contributed by atoms with E-state index in [9.17, 15) is 4.79 Å². The molecule has 3 aromatic heterocycles. The van der Waals surface area contributed by atoms with Gasteiger partial charge >= 0.3 is 0 Å². The molecular weight excluding hydrogens is 364 g/mol. The first-order valence-corrected chi connectivity index (χ1v) is 9.87. The molecule has 29 heavy (non-hydrogen) atoms. The largest absolute Gasteiger partial charge is 0.481 e. The molecule has 0 aliphatic heterocycles. The van der Waals surface area contributed by atoms with Crippen LogP contribution >= 0.6 is 0 Å². The highest BCUT2D eigenvalue weighted by atomic mass is 16.5. The SMILES string of the molecule is CCc1nc(C)c2c(=O)n(Cc3c(C)cc(C)cc3C)c3ccc(OC)nc3n12. The molecule has 1 aromatic carbocycles. The molecule has 0 saturated heterocycles. The van der Waals surface area contributed by atoms with Gasteiger partial charge in [-0.05, 0) is 50.5 Å². The summed E-state index contributed by atoms with van der Waals surface area (Å²) < 4.78 is 9.06. The van der Waals surface area contributed by atoms with E-state index >= 15 is 0 Å². The lowest BCUT2D eigenvalue weighted by Gasteiger charge is -2.17. The van der Waals surface area contributed by atoms with Gasteiger partial charge in [0.2, 0.25) is 5.88 Å². The Kier molecular flexibility index (Phi) is 4.65. The highest BCUT2D eigenvalue weighted by Gasteiger charge is 2.19. The third kappa shape index (κ3) is 2.99. The Morgan fingerprint density at radius 1 is 1.03 bits per heavy atom. The van der Waals surface area contributed by atoms with Gasteiger partial charge in [0.1, 0.15) is 11.3 Å². The Morgan fingerprint density at radius 3 is 2.34 bits per heavy atom. The van der Waals surface area contributed by atoms with E-state index < -0.39 is 0 Å². The molecule has 3 heterocycles. The minimum absolute atomic E-state index is 0.0476. The Labute approximate surface area is 169 Å². The molecule has 4 rings (SSSR count). The molecule has 0 unspecified atom stereocenters. The van der Waals surface area contributed by atoms with E-state index in [-0.39, 0.29) is 5.56 Å². The predicted octanol–water partition coefficient (Wildman–Crippen LogP) is 3.90. The lowest BCUT2D eigenvalue weighted by Crippen LogP contribution is -2.25. The van der Waals surface area contributed by atoms with Gasteiger partial charge in [-0.15, -0.1) is 0 Å². The predicted molar refractivity (Wildman–Crippen MR) is 115 cm³/mol. The molecule has 0 aliphatic carbocycles. The van der Waals surface area contributed by atoms with E-state index in [1.807, 2.05) is 28.9 Å². The number of methoxy groups -OCH3 is 1. The average molecular weight is 390 g/mol. The molecule has 4 aromatic rings. The number of aromatic nitrogens is 4. The summed E-state index contributed by atoms with van der Waals surface area (Å²) >= 11 is 0. The summed E-state index contributed by atoms with van der Waals surface area (Å²) in [6.07, 6.45) is 0.711. The lowest BCUT2D eigenvalue weighted by molar-refractivity contribution is 0.399. The minimum atomic E-state index is -0.0476. The van der Waals surface area contributed by atoms with Crippen molar-refractivity contribution in [2.24, 2.45) is 0 Å². The number of ether oxygens (including phenoxy) is 1. The zero-order valence-electron chi connectivity index (χ0n) is 17.8. The van der Waals surface area contributed by atoms with E-state index in [1.165, 1.54) is 16.7 Å². The second-order valence-electron chi connectivity index (χ2n) is 7.62. The van der Waals surface area contributed by atoms with Crippen LogP contribution in [0.3, 0.4) is 0 Å². The summed E-state index contributed by atoms with van der Waals surface area (Å²) in [6.45, 7) is 10.7. The fourth-order valence-corrected chi connectivity index (χ4v) is 4.23. The second kappa shape index (κ2) is 7.03. The standard InChI is InChI=1S/C23H26N4O2/c1-7-19-24-16(5)21-23(28)26(12-17-14(3)10-13(2)11-15(17)4)18-8-9-20(29-6)25-22(18)27(19)21/h8-11H,7,12H2,1-6H3. The van der Waals surface area contributed by atoms with Crippen molar-refractivity contribution in [2.45, 2.75) is 47.6 Å². The maximum atomic E-state index is 13.6. The Morgan fingerprint density at radius 2 is 1.72 bits per heavy atom. The summed E-state index contributed by atoms with van der Waals surface area (Å²) in [5, 5.41) is 0. The fourth-order valence-electron chi connectivity index (χ4n) is 4.23. The van der Waals surface area contributed by atoms with Crippen molar-refractivity contribution in [1.29, 1.82) is 0 Å². The highest BCUT2D eigenvalue weighted by Crippen LogP contribution is 2.23. The number of imidazole rings is 1. The van der Waals surface area contributed by atoms with E-state index in [1.54, 1.807) is 13.2 Å². The van der Waals surface area contributed by atoms with Crippen LogP contribution in [0.2, 0.25) is 0 Å². The van der Waals surface area contributed by atoms with Crippen molar-refractivity contribution < 1.29 is 4.74 Å². The molecule has 0 radical (unpaired) electrons. The Bertz CT molecular complexity index is 1290. The van der Waals surface area contributed by atoms with Crippen LogP contribution in [0, 0.1) is 27.7 Å². The third-order valence-corrected chi connectivity index (χ3v) is 5.58. The number of rotatable bonds is 4. The van der Waals surface area contributed by atoms with Gasteiger partial charge < -0.3 is 4.74 Å². The average Bonchev–Trinajstić information content (AvgIpc) is 3.03. The van der Waals surface area contributed by atoms with Gasteiger partial charge in [0, 0.05) is 12.5 Å². The van der Waals surface area contributed by atoms with Crippen molar-refractivity contribution in [2.75, 3.05) is 7.11 Å². The number of nitrogens with zero attached hydrogens (tertiary/aromatic N) is 4. The maximum absolute atomic E-state index is 13.6. The number of hydrogen-bond donors (Lipinski definition) is 0. The number of fused-ring (bicyclic) bond motifs is 3. The molecule has 0 N–H and O–H groups in total. The maximum Gasteiger partial charge on any atom is 0.277 e. The van der Waals surface area contributed by atoms with Gasteiger partial charge in [0.15, 0.2) is 5.65 Å². The van der Waals surface area contributed by atoms with Gasteiger partial charge in [-0.1, -0.05) is 24.6 Å². The van der Waals surface area contributed by atoms with Crippen molar-refractivity contribution in [3.63, 3.8) is 0 Å². The monoisotopic (exact) mass is 390 g/mol. The number of hydrogen-bond acceptors (Lipinski definition) is 4. The molecule has 0 aliphatic rings. The third-order valence-electron chi connectivity index (χ3n) is 5.58. The summed E-state index contributed by atoms with van der Waals surface area (Å²) in [4.78, 5) is 22.9. The van der Waals surface area contributed by atoms with Gasteiger partial charge in [0.05, 0.1) is 24.9 Å². The molecule has 150 valence electrons. The van der Waals surface area contributed by atoms with Crippen molar-refractivity contribution >= 4 is 16.7 Å². The Hall–Kier alpha value is -3.15. The molecular formula is C23H26N4O2. The van der Waals surface area contributed by atoms with E-state index in [0.29, 0.717) is 30.0 Å². The van der Waals surface area contributed by atoms with Crippen LogP contribution in [0.15, 0.2) is 29.1 Å². The van der Waals surface area contributed by atoms with Gasteiger partial charge in [0.25, 0.3) is 5.56 Å². The van der Waals surface area contributed by atoms with Crippen LogP contribution in [-0.2, 0) is 13.0 Å². The zero-order valence-corrected chi connectivity index (χ0v) is 17.8. The molecule has 0 amide bonds. The first kappa shape index (κ1) is 19.2. The van der Waals surface area contributed by atoms with Crippen LogP contribution in [0.5, 0.6) is 5.88 Å². The molecule has 0 bridgehead atoms. The minimum Gasteiger partial charge on any atom is -0.481 e. The summed E-state index contributed by atoms with van der Waals surface area (Å²) in [5.41, 5.74) is 7.48. The number of pyridine rings is 1. The Balaban J connectivity index is 2.10. The van der Waals surface area contributed by atoms with E-state index in [2.05, 4.69) is 42.9 Å². The number of benzene rings is 1. The van der Waals surface area contributed by atoms with Crippen LogP contribution in [0.25, 0.3) is 16.7 Å². The van der Waals surface area contributed by atoms with Crippen LogP contribution < -0.4 is 10.3 Å². The molecule has 0 saturated carbocycles. The molecule has 0 fully saturated rings. The molecule has 0 spiro atoms. The summed E-state index contributed by atoms with van der Waals surface area (Å²) in [7, 11) is 1.60.